The van der Waals surface area contributed by atoms with Crippen molar-refractivity contribution in [3.8, 4) is 0 Å². The molecule has 0 atom stereocenters. The Morgan fingerprint density at radius 1 is 1.22 bits per heavy atom. The minimum absolute atomic E-state index is 0.0341. The molecular weight excluding hydrogens is 344 g/mol. The first-order valence-electron chi connectivity index (χ1n) is 7.15. The van der Waals surface area contributed by atoms with Crippen LogP contribution in [0, 0.1) is 6.92 Å². The van der Waals surface area contributed by atoms with Gasteiger partial charge in [0.05, 0.1) is 6.54 Å². The number of hydrogen-bond donors (Lipinski definition) is 1. The number of nitrogens with one attached hydrogen (secondary N) is 1. The van der Waals surface area contributed by atoms with E-state index in [9.17, 15) is 4.79 Å². The molecule has 2 aromatic heterocycles. The number of aromatic nitrogens is 1. The van der Waals surface area contributed by atoms with Gasteiger partial charge in [-0.3, -0.25) is 4.79 Å². The molecular formula is C17H16N2OS3. The van der Waals surface area contributed by atoms with Crippen LogP contribution >= 0.6 is 34.4 Å². The summed E-state index contributed by atoms with van der Waals surface area (Å²) < 4.78 is 1.08. The number of thiazole rings is 1. The van der Waals surface area contributed by atoms with E-state index < -0.39 is 0 Å². The van der Waals surface area contributed by atoms with E-state index in [1.807, 2.05) is 48.7 Å². The molecule has 6 heteroatoms. The van der Waals surface area contributed by atoms with Gasteiger partial charge in [0.15, 0.2) is 0 Å². The molecule has 0 radical (unpaired) electrons. The summed E-state index contributed by atoms with van der Waals surface area (Å²) >= 11 is 5.04. The second-order valence-corrected chi connectivity index (χ2v) is 8.12. The van der Waals surface area contributed by atoms with Crippen LogP contribution in [-0.4, -0.2) is 10.9 Å². The normalized spacial score (nSPS) is 10.7. The minimum Gasteiger partial charge on any atom is -0.347 e. The third-order valence-electron chi connectivity index (χ3n) is 3.18. The molecule has 0 saturated heterocycles. The molecule has 3 nitrogen and oxygen atoms in total. The number of thioether (sulfide) groups is 1. The van der Waals surface area contributed by atoms with E-state index in [0.29, 0.717) is 12.1 Å². The zero-order valence-electron chi connectivity index (χ0n) is 12.6. The highest BCUT2D eigenvalue weighted by Gasteiger charge is 2.06. The molecule has 23 heavy (non-hydrogen) atoms. The van der Waals surface area contributed by atoms with Crippen LogP contribution < -0.4 is 5.32 Å². The van der Waals surface area contributed by atoms with Crippen LogP contribution in [0.2, 0.25) is 0 Å². The van der Waals surface area contributed by atoms with Crippen LogP contribution in [0.4, 0.5) is 0 Å². The Morgan fingerprint density at radius 2 is 2.04 bits per heavy atom. The second-order valence-electron chi connectivity index (χ2n) is 5.00. The lowest BCUT2D eigenvalue weighted by molar-refractivity contribution is 0.0951. The van der Waals surface area contributed by atoms with Crippen LogP contribution in [0.3, 0.4) is 0 Å². The van der Waals surface area contributed by atoms with Crippen LogP contribution in [-0.2, 0) is 12.3 Å². The third kappa shape index (κ3) is 4.67. The van der Waals surface area contributed by atoms with Gasteiger partial charge in [-0.2, -0.15) is 0 Å². The Labute approximate surface area is 147 Å². The smallest absolute Gasteiger partial charge is 0.251 e. The predicted octanol–water partition coefficient (Wildman–Crippen LogP) is 4.74. The summed E-state index contributed by atoms with van der Waals surface area (Å²) in [5.74, 6) is 0.831. The van der Waals surface area contributed by atoms with Gasteiger partial charge in [0.2, 0.25) is 0 Å². The molecule has 0 aliphatic rings. The fraction of sp³-hybridized carbons (Fsp3) is 0.176. The monoisotopic (exact) mass is 360 g/mol. The maximum absolute atomic E-state index is 12.1. The van der Waals surface area contributed by atoms with Gasteiger partial charge >= 0.3 is 0 Å². The summed E-state index contributed by atoms with van der Waals surface area (Å²) in [6, 6.07) is 11.8. The van der Waals surface area contributed by atoms with Crippen LogP contribution in [0.15, 0.2) is 51.5 Å². The third-order valence-corrected chi connectivity index (χ3v) is 6.27. The lowest BCUT2D eigenvalue weighted by atomic mass is 10.1. The highest BCUT2D eigenvalue weighted by molar-refractivity contribution is 8.00. The van der Waals surface area contributed by atoms with Crippen LogP contribution in [0.1, 0.15) is 26.5 Å². The van der Waals surface area contributed by atoms with Gasteiger partial charge < -0.3 is 5.32 Å². The predicted molar refractivity (Wildman–Crippen MR) is 98.3 cm³/mol. The molecule has 0 fully saturated rings. The maximum atomic E-state index is 12.1. The Bertz CT molecular complexity index is 764. The summed E-state index contributed by atoms with van der Waals surface area (Å²) in [6.45, 7) is 2.58. The number of hydrogen-bond acceptors (Lipinski definition) is 5. The Morgan fingerprint density at radius 3 is 2.70 bits per heavy atom. The van der Waals surface area contributed by atoms with E-state index in [2.05, 4.69) is 15.7 Å². The van der Waals surface area contributed by atoms with Crippen molar-refractivity contribution >= 4 is 40.3 Å². The Hall–Kier alpha value is -1.63. The SMILES string of the molecule is Cc1csc(SCc2ccc(C(=O)NCc3cccs3)cc2)n1. The van der Waals surface area contributed by atoms with Crippen molar-refractivity contribution in [2.45, 2.75) is 23.6 Å². The highest BCUT2D eigenvalue weighted by atomic mass is 32.2. The summed E-state index contributed by atoms with van der Waals surface area (Å²) in [7, 11) is 0. The highest BCUT2D eigenvalue weighted by Crippen LogP contribution is 2.26. The van der Waals surface area contributed by atoms with Gasteiger partial charge in [-0.25, -0.2) is 4.98 Å². The van der Waals surface area contributed by atoms with E-state index in [1.165, 1.54) is 5.56 Å². The van der Waals surface area contributed by atoms with E-state index in [0.717, 1.165) is 20.7 Å². The average Bonchev–Trinajstić information content (AvgIpc) is 3.22. The number of carbonyl (C=O) groups excluding carboxylic acids is 1. The van der Waals surface area contributed by atoms with Gasteiger partial charge in [-0.15, -0.1) is 22.7 Å². The second kappa shape index (κ2) is 7.77. The lowest BCUT2D eigenvalue weighted by Gasteiger charge is -2.05. The van der Waals surface area contributed by atoms with E-state index in [4.69, 9.17) is 0 Å². The molecule has 0 aliphatic heterocycles. The first-order chi connectivity index (χ1) is 11.2. The molecule has 1 aromatic carbocycles. The zero-order chi connectivity index (χ0) is 16.1. The molecule has 118 valence electrons. The molecule has 1 N–H and O–H groups in total. The molecule has 3 rings (SSSR count). The average molecular weight is 361 g/mol. The number of amides is 1. The molecule has 2 heterocycles. The van der Waals surface area contributed by atoms with Crippen LogP contribution in [0.5, 0.6) is 0 Å². The van der Waals surface area contributed by atoms with Gasteiger partial charge in [-0.1, -0.05) is 30.0 Å². The van der Waals surface area contributed by atoms with Crippen molar-refractivity contribution in [3.05, 3.63) is 68.9 Å². The van der Waals surface area contributed by atoms with Crippen molar-refractivity contribution in [2.75, 3.05) is 0 Å². The number of carbonyl (C=O) groups is 1. The molecule has 0 saturated carbocycles. The molecule has 0 aliphatic carbocycles. The number of aryl methyl sites for hydroxylation is 1. The summed E-state index contributed by atoms with van der Waals surface area (Å²) in [5.41, 5.74) is 2.95. The first kappa shape index (κ1) is 16.2. The van der Waals surface area contributed by atoms with Crippen molar-refractivity contribution in [2.24, 2.45) is 0 Å². The molecule has 0 unspecified atom stereocenters. The summed E-state index contributed by atoms with van der Waals surface area (Å²) in [4.78, 5) is 17.7. The van der Waals surface area contributed by atoms with E-state index in [-0.39, 0.29) is 5.91 Å². The number of thiophene rings is 1. The fourth-order valence-corrected chi connectivity index (χ4v) is 4.43. The summed E-state index contributed by atoms with van der Waals surface area (Å²) in [5, 5.41) is 7.01. The molecule has 0 spiro atoms. The fourth-order valence-electron chi connectivity index (χ4n) is 1.98. The van der Waals surface area contributed by atoms with Crippen molar-refractivity contribution in [1.82, 2.24) is 10.3 Å². The van der Waals surface area contributed by atoms with E-state index in [1.54, 1.807) is 34.4 Å². The maximum Gasteiger partial charge on any atom is 0.251 e. The van der Waals surface area contributed by atoms with Crippen molar-refractivity contribution in [1.29, 1.82) is 0 Å². The minimum atomic E-state index is -0.0341. The number of rotatable bonds is 6. The van der Waals surface area contributed by atoms with Gasteiger partial charge in [0.1, 0.15) is 4.34 Å². The quantitative estimate of drug-likeness (QED) is 0.646. The van der Waals surface area contributed by atoms with Crippen LogP contribution in [0.25, 0.3) is 0 Å². The number of benzene rings is 1. The van der Waals surface area contributed by atoms with Gasteiger partial charge in [0.25, 0.3) is 5.91 Å². The van der Waals surface area contributed by atoms with Crippen molar-refractivity contribution in [3.63, 3.8) is 0 Å². The zero-order valence-corrected chi connectivity index (χ0v) is 15.1. The van der Waals surface area contributed by atoms with Gasteiger partial charge in [-0.05, 0) is 36.1 Å². The Balaban J connectivity index is 1.52. The Kier molecular flexibility index (Phi) is 5.48. The first-order valence-corrected chi connectivity index (χ1v) is 9.89. The molecule has 1 amide bonds. The standard InChI is InChI=1S/C17H16N2OS3/c1-12-10-22-17(19-12)23-11-13-4-6-14(7-5-13)16(20)18-9-15-3-2-8-21-15/h2-8,10H,9,11H2,1H3,(H,18,20). The van der Waals surface area contributed by atoms with E-state index >= 15 is 0 Å². The molecule has 0 bridgehead atoms. The number of nitrogens with zero attached hydrogens (tertiary/aromatic N) is 1. The lowest BCUT2D eigenvalue weighted by Crippen LogP contribution is -2.22. The molecule has 3 aromatic rings. The van der Waals surface area contributed by atoms with Gasteiger partial charge in [0, 0.05) is 27.3 Å². The summed E-state index contributed by atoms with van der Waals surface area (Å²) in [6.07, 6.45) is 0. The largest absolute Gasteiger partial charge is 0.347 e. The van der Waals surface area contributed by atoms with Crippen molar-refractivity contribution < 1.29 is 4.79 Å². The topological polar surface area (TPSA) is 42.0 Å².